The molecule has 0 spiro atoms. The lowest BCUT2D eigenvalue weighted by atomic mass is 9.90. The fraction of sp³-hybridized carbons (Fsp3) is 0.500. The van der Waals surface area contributed by atoms with Gasteiger partial charge in [-0.2, -0.15) is 0 Å². The van der Waals surface area contributed by atoms with Crippen LogP contribution in [-0.2, 0) is 4.79 Å². The van der Waals surface area contributed by atoms with Gasteiger partial charge in [0.05, 0.1) is 0 Å². The van der Waals surface area contributed by atoms with Crippen molar-refractivity contribution in [2.75, 3.05) is 6.54 Å². The molecule has 0 bridgehead atoms. The summed E-state index contributed by atoms with van der Waals surface area (Å²) >= 11 is 0. The minimum atomic E-state index is 0.309. The van der Waals surface area contributed by atoms with Crippen LogP contribution in [-0.4, -0.2) is 23.4 Å². The van der Waals surface area contributed by atoms with Gasteiger partial charge in [-0.25, -0.2) is 0 Å². The van der Waals surface area contributed by atoms with Gasteiger partial charge in [-0.05, 0) is 18.9 Å². The number of nitrogens with zero attached hydrogens (tertiary/aromatic N) is 1. The van der Waals surface area contributed by atoms with Gasteiger partial charge in [0.15, 0.2) is 0 Å². The predicted molar refractivity (Wildman–Crippen MR) is 65.3 cm³/mol. The number of rotatable bonds is 3. The first-order valence-corrected chi connectivity index (χ1v) is 6.12. The molecule has 1 aromatic carbocycles. The Morgan fingerprint density at radius 1 is 1.25 bits per heavy atom. The Kier molecular flexibility index (Phi) is 3.28. The second-order valence-electron chi connectivity index (χ2n) is 4.38. The van der Waals surface area contributed by atoms with E-state index in [1.54, 1.807) is 0 Å². The molecule has 1 aliphatic heterocycles. The quantitative estimate of drug-likeness (QED) is 0.762. The summed E-state index contributed by atoms with van der Waals surface area (Å²) in [4.78, 5) is 13.9. The summed E-state index contributed by atoms with van der Waals surface area (Å²) in [5.74, 6) is 0.696. The molecular weight excluding hydrogens is 198 g/mol. The lowest BCUT2D eigenvalue weighted by molar-refractivity contribution is -0.128. The maximum Gasteiger partial charge on any atom is 0.223 e. The standard InChI is InChI=1S/C14H19NO/c1-3-13-12(10-14(16)15(13)4-2)11-8-6-5-7-9-11/h5-9,12-13H,3-4,10H2,1-2H3. The van der Waals surface area contributed by atoms with Crippen molar-refractivity contribution in [1.82, 2.24) is 4.90 Å². The highest BCUT2D eigenvalue weighted by atomic mass is 16.2. The topological polar surface area (TPSA) is 20.3 Å². The third-order valence-corrected chi connectivity index (χ3v) is 3.57. The molecular formula is C14H19NO. The number of hydrogen-bond acceptors (Lipinski definition) is 1. The Morgan fingerprint density at radius 3 is 2.50 bits per heavy atom. The van der Waals surface area contributed by atoms with Crippen LogP contribution in [0.5, 0.6) is 0 Å². The number of amides is 1. The van der Waals surface area contributed by atoms with E-state index in [4.69, 9.17) is 0 Å². The summed E-state index contributed by atoms with van der Waals surface area (Å²) < 4.78 is 0. The van der Waals surface area contributed by atoms with Crippen molar-refractivity contribution < 1.29 is 4.79 Å². The minimum Gasteiger partial charge on any atom is -0.339 e. The van der Waals surface area contributed by atoms with Crippen molar-refractivity contribution in [1.29, 1.82) is 0 Å². The summed E-state index contributed by atoms with van der Waals surface area (Å²) in [5, 5.41) is 0. The van der Waals surface area contributed by atoms with Crippen LogP contribution in [0.1, 0.15) is 38.2 Å². The van der Waals surface area contributed by atoms with E-state index in [9.17, 15) is 4.79 Å². The first-order chi connectivity index (χ1) is 7.77. The predicted octanol–water partition coefficient (Wildman–Crippen LogP) is 2.80. The molecule has 0 aliphatic carbocycles. The fourth-order valence-electron chi connectivity index (χ4n) is 2.80. The highest BCUT2D eigenvalue weighted by Crippen LogP contribution is 2.35. The van der Waals surface area contributed by atoms with E-state index < -0.39 is 0 Å². The Labute approximate surface area is 97.3 Å². The van der Waals surface area contributed by atoms with E-state index in [1.165, 1.54) is 5.56 Å². The summed E-state index contributed by atoms with van der Waals surface area (Å²) in [6.07, 6.45) is 1.72. The Balaban J connectivity index is 2.26. The normalized spacial score (nSPS) is 25.1. The molecule has 1 fully saturated rings. The van der Waals surface area contributed by atoms with Crippen LogP contribution in [0.15, 0.2) is 30.3 Å². The minimum absolute atomic E-state index is 0.309. The van der Waals surface area contributed by atoms with Crippen molar-refractivity contribution in [3.8, 4) is 0 Å². The van der Waals surface area contributed by atoms with Gasteiger partial charge < -0.3 is 4.90 Å². The van der Waals surface area contributed by atoms with Crippen molar-refractivity contribution in [3.05, 3.63) is 35.9 Å². The molecule has 0 saturated carbocycles. The van der Waals surface area contributed by atoms with Gasteiger partial charge in [-0.3, -0.25) is 4.79 Å². The number of carbonyl (C=O) groups is 1. The van der Waals surface area contributed by atoms with Gasteiger partial charge in [-0.15, -0.1) is 0 Å². The van der Waals surface area contributed by atoms with Crippen molar-refractivity contribution in [2.24, 2.45) is 0 Å². The van der Waals surface area contributed by atoms with Crippen molar-refractivity contribution in [2.45, 2.75) is 38.6 Å². The maximum absolute atomic E-state index is 11.9. The van der Waals surface area contributed by atoms with Crippen LogP contribution < -0.4 is 0 Å². The molecule has 1 aliphatic rings. The molecule has 2 heteroatoms. The number of likely N-dealkylation sites (N-methyl/N-ethyl adjacent to an activating group) is 1. The highest BCUT2D eigenvalue weighted by molar-refractivity contribution is 5.80. The Bertz CT molecular complexity index is 360. The van der Waals surface area contributed by atoms with E-state index in [1.807, 2.05) is 11.0 Å². The summed E-state index contributed by atoms with van der Waals surface area (Å²) in [6.45, 7) is 5.07. The zero-order chi connectivity index (χ0) is 11.5. The average Bonchev–Trinajstić information content (AvgIpc) is 2.66. The van der Waals surface area contributed by atoms with Gasteiger partial charge in [0.25, 0.3) is 0 Å². The molecule has 0 N–H and O–H groups in total. The maximum atomic E-state index is 11.9. The van der Waals surface area contributed by atoms with E-state index in [0.717, 1.165) is 13.0 Å². The molecule has 2 nitrogen and oxygen atoms in total. The molecule has 2 rings (SSSR count). The van der Waals surface area contributed by atoms with Crippen LogP contribution in [0.3, 0.4) is 0 Å². The number of likely N-dealkylation sites (tertiary alicyclic amines) is 1. The van der Waals surface area contributed by atoms with E-state index in [2.05, 4.69) is 38.1 Å². The van der Waals surface area contributed by atoms with Crippen LogP contribution >= 0.6 is 0 Å². The smallest absolute Gasteiger partial charge is 0.223 e. The van der Waals surface area contributed by atoms with Crippen LogP contribution in [0, 0.1) is 0 Å². The SMILES string of the molecule is CCC1C(c2ccccc2)CC(=O)N1CC. The van der Waals surface area contributed by atoms with Gasteiger partial charge >= 0.3 is 0 Å². The van der Waals surface area contributed by atoms with Gasteiger partial charge in [0.1, 0.15) is 0 Å². The molecule has 1 aromatic rings. The molecule has 0 radical (unpaired) electrons. The summed E-state index contributed by atoms with van der Waals surface area (Å²) in [7, 11) is 0. The molecule has 16 heavy (non-hydrogen) atoms. The molecule has 1 amide bonds. The Hall–Kier alpha value is -1.31. The number of hydrogen-bond donors (Lipinski definition) is 0. The van der Waals surface area contributed by atoms with Gasteiger partial charge in [0.2, 0.25) is 5.91 Å². The van der Waals surface area contributed by atoms with Crippen LogP contribution in [0.25, 0.3) is 0 Å². The first kappa shape index (κ1) is 11.2. The lowest BCUT2D eigenvalue weighted by Crippen LogP contribution is -2.34. The van der Waals surface area contributed by atoms with E-state index in [0.29, 0.717) is 24.3 Å². The molecule has 1 saturated heterocycles. The summed E-state index contributed by atoms with van der Waals surface area (Å²) in [6, 6.07) is 10.8. The molecule has 2 unspecified atom stereocenters. The lowest BCUT2D eigenvalue weighted by Gasteiger charge is -2.26. The monoisotopic (exact) mass is 217 g/mol. The largest absolute Gasteiger partial charge is 0.339 e. The first-order valence-electron chi connectivity index (χ1n) is 6.12. The molecule has 86 valence electrons. The van der Waals surface area contributed by atoms with Crippen LogP contribution in [0.2, 0.25) is 0 Å². The molecule has 2 atom stereocenters. The third kappa shape index (κ3) is 1.84. The average molecular weight is 217 g/mol. The second kappa shape index (κ2) is 4.69. The third-order valence-electron chi connectivity index (χ3n) is 3.57. The zero-order valence-electron chi connectivity index (χ0n) is 10.0. The van der Waals surface area contributed by atoms with Crippen molar-refractivity contribution in [3.63, 3.8) is 0 Å². The second-order valence-corrected chi connectivity index (χ2v) is 4.38. The van der Waals surface area contributed by atoms with E-state index in [-0.39, 0.29) is 0 Å². The summed E-state index contributed by atoms with van der Waals surface area (Å²) in [5.41, 5.74) is 1.30. The highest BCUT2D eigenvalue weighted by Gasteiger charge is 2.38. The van der Waals surface area contributed by atoms with Crippen LogP contribution in [0.4, 0.5) is 0 Å². The molecule has 0 aromatic heterocycles. The zero-order valence-corrected chi connectivity index (χ0v) is 10.0. The Morgan fingerprint density at radius 2 is 1.94 bits per heavy atom. The van der Waals surface area contributed by atoms with Gasteiger partial charge in [-0.1, -0.05) is 37.3 Å². The van der Waals surface area contributed by atoms with Gasteiger partial charge in [0, 0.05) is 24.9 Å². The number of benzene rings is 1. The fourth-order valence-corrected chi connectivity index (χ4v) is 2.80. The van der Waals surface area contributed by atoms with E-state index >= 15 is 0 Å². The molecule has 1 heterocycles. The van der Waals surface area contributed by atoms with Crippen molar-refractivity contribution >= 4 is 5.91 Å². The number of carbonyl (C=O) groups excluding carboxylic acids is 1.